The van der Waals surface area contributed by atoms with Gasteiger partial charge in [0.05, 0.1) is 17.4 Å². The molecule has 0 bridgehead atoms. The highest BCUT2D eigenvalue weighted by Crippen LogP contribution is 2.77. The number of allylic oxidation sites excluding steroid dienone is 2. The first-order chi connectivity index (χ1) is 27.7. The van der Waals surface area contributed by atoms with Crippen LogP contribution < -0.4 is 10.6 Å². The van der Waals surface area contributed by atoms with Crippen LogP contribution in [-0.2, 0) is 23.9 Å². The summed E-state index contributed by atoms with van der Waals surface area (Å²) in [6.45, 7) is 26.2. The number of Topliss-reactive ketones (excluding diaryl/α,β-unsaturated/α-hetero) is 1. The molecule has 330 valence electrons. The molecule has 6 aliphatic carbocycles. The summed E-state index contributed by atoms with van der Waals surface area (Å²) in [5, 5.41) is 15.9. The molecule has 0 aromatic carbocycles. The van der Waals surface area contributed by atoms with Crippen LogP contribution in [0.5, 0.6) is 0 Å². The van der Waals surface area contributed by atoms with Gasteiger partial charge in [-0.2, -0.15) is 0 Å². The molecule has 7 rings (SSSR count). The summed E-state index contributed by atoms with van der Waals surface area (Å²) < 4.78 is 6.42. The van der Waals surface area contributed by atoms with E-state index in [1.54, 1.807) is 12.3 Å². The average molecular weight is 828 g/mol. The summed E-state index contributed by atoms with van der Waals surface area (Å²) in [5.41, 5.74) is 1.48. The topological polar surface area (TPSA) is 152 Å². The fourth-order valence-corrected chi connectivity index (χ4v) is 14.8. The SMILES string of the molecule is Cc1ccc(C(=O)NC(C)(C)CNC(=O)C[C@@]23CC[C@]4(C)[C@H](CC[C@@H]5[C@@]6(C)CC[C@H](OC(=O)[C@H]7C[C@@H](C(=O)O)C7(C)C)C(C)(C)[C@@H]6CC[C@]54C)C2=C(C(C)C)C(=O)C3)nc1. The monoisotopic (exact) mass is 828 g/mol. The van der Waals surface area contributed by atoms with Crippen LogP contribution in [-0.4, -0.2) is 57.8 Å². The summed E-state index contributed by atoms with van der Waals surface area (Å²) in [5.74, 6) is -1.05. The van der Waals surface area contributed by atoms with Crippen molar-refractivity contribution in [2.24, 2.45) is 68.0 Å². The van der Waals surface area contributed by atoms with E-state index in [9.17, 15) is 29.1 Å². The van der Waals surface area contributed by atoms with Crippen molar-refractivity contribution >= 4 is 29.5 Å². The van der Waals surface area contributed by atoms with E-state index in [1.165, 1.54) is 5.57 Å². The molecule has 6 aliphatic rings. The Kier molecular flexibility index (Phi) is 11.0. The Bertz CT molecular complexity index is 1980. The molecule has 10 heteroatoms. The smallest absolute Gasteiger partial charge is 0.309 e. The summed E-state index contributed by atoms with van der Waals surface area (Å²) in [6.07, 6.45) is 10.2. The van der Waals surface area contributed by atoms with Gasteiger partial charge in [0.15, 0.2) is 5.78 Å². The summed E-state index contributed by atoms with van der Waals surface area (Å²) in [7, 11) is 0. The molecule has 2 amide bonds. The van der Waals surface area contributed by atoms with Gasteiger partial charge in [-0.05, 0) is 141 Å². The number of aromatic nitrogens is 1. The van der Waals surface area contributed by atoms with Gasteiger partial charge < -0.3 is 20.5 Å². The standard InChI is InChI=1S/C50H73N3O7/c1-28(2)39-34(54)24-50(25-38(55)52-27-44(4,5)53-41(56)33-15-13-29(3)26-51-33)22-21-48(11)30(40(39)50)14-16-36-47(10)19-18-37(46(8,9)35(47)17-20-49(36,48)12)60-43(59)32-23-31(42(57)58)45(32,6)7/h13,15,26,28,30-32,35-37H,14,16-25,27H2,1-12H3,(H,52,55)(H,53,56)(H,57,58)/t30-,31+,32-,35+,36-,37+,47+,48-,49-,50+/m1/s1. The van der Waals surface area contributed by atoms with Crippen molar-refractivity contribution in [2.75, 3.05) is 6.54 Å². The zero-order valence-electron chi connectivity index (χ0n) is 38.6. The van der Waals surface area contributed by atoms with E-state index in [2.05, 4.69) is 64.1 Å². The molecule has 0 unspecified atom stereocenters. The Labute approximate surface area is 358 Å². The molecule has 0 spiro atoms. The number of carbonyl (C=O) groups excluding carboxylic acids is 4. The van der Waals surface area contributed by atoms with Gasteiger partial charge in [-0.15, -0.1) is 0 Å². The van der Waals surface area contributed by atoms with Crippen LogP contribution in [0, 0.1) is 74.9 Å². The Morgan fingerprint density at radius 2 is 1.58 bits per heavy atom. The van der Waals surface area contributed by atoms with E-state index < -0.39 is 34.2 Å². The Morgan fingerprint density at radius 3 is 2.20 bits per heavy atom. The van der Waals surface area contributed by atoms with Crippen LogP contribution in [0.15, 0.2) is 29.5 Å². The number of carboxylic acids is 1. The van der Waals surface area contributed by atoms with Gasteiger partial charge in [0, 0.05) is 36.4 Å². The number of rotatable bonds is 10. The maximum Gasteiger partial charge on any atom is 0.309 e. The number of hydrogen-bond donors (Lipinski definition) is 3. The van der Waals surface area contributed by atoms with Crippen molar-refractivity contribution in [2.45, 2.75) is 165 Å². The molecule has 10 atom stereocenters. The number of esters is 1. The second-order valence-corrected chi connectivity index (χ2v) is 23.3. The van der Waals surface area contributed by atoms with E-state index >= 15 is 0 Å². The van der Waals surface area contributed by atoms with Crippen LogP contribution in [0.3, 0.4) is 0 Å². The molecule has 3 N–H and O–H groups in total. The maximum atomic E-state index is 14.2. The van der Waals surface area contributed by atoms with Crippen molar-refractivity contribution in [3.8, 4) is 0 Å². The molecule has 0 aliphatic heterocycles. The molecule has 5 saturated carbocycles. The minimum atomic E-state index is -0.840. The maximum absolute atomic E-state index is 14.2. The van der Waals surface area contributed by atoms with Crippen molar-refractivity contribution < 1.29 is 33.8 Å². The first-order valence-electron chi connectivity index (χ1n) is 23.0. The number of carbonyl (C=O) groups is 5. The fourth-order valence-electron chi connectivity index (χ4n) is 14.8. The van der Waals surface area contributed by atoms with E-state index in [0.29, 0.717) is 30.4 Å². The number of nitrogens with zero attached hydrogens (tertiary/aromatic N) is 1. The van der Waals surface area contributed by atoms with Crippen LogP contribution in [0.4, 0.5) is 0 Å². The predicted molar refractivity (Wildman–Crippen MR) is 230 cm³/mol. The molecule has 0 radical (unpaired) electrons. The van der Waals surface area contributed by atoms with Crippen LogP contribution in [0.1, 0.15) is 163 Å². The average Bonchev–Trinajstić information content (AvgIpc) is 3.43. The Morgan fingerprint density at radius 1 is 0.883 bits per heavy atom. The Hall–Kier alpha value is -3.56. The third kappa shape index (κ3) is 6.87. The van der Waals surface area contributed by atoms with E-state index in [1.807, 2.05) is 40.7 Å². The Balaban J connectivity index is 1.08. The normalized spacial score (nSPS) is 37.8. The van der Waals surface area contributed by atoms with E-state index in [-0.39, 0.29) is 76.1 Å². The number of amides is 2. The lowest BCUT2D eigenvalue weighted by Gasteiger charge is -2.72. The number of fused-ring (bicyclic) bond motifs is 7. The van der Waals surface area contributed by atoms with Gasteiger partial charge >= 0.3 is 11.9 Å². The second-order valence-electron chi connectivity index (χ2n) is 23.3. The van der Waals surface area contributed by atoms with Crippen molar-refractivity contribution in [1.82, 2.24) is 15.6 Å². The lowest BCUT2D eigenvalue weighted by atomic mass is 9.33. The molecule has 0 saturated heterocycles. The summed E-state index contributed by atoms with van der Waals surface area (Å²) in [6, 6.07) is 3.56. The quantitative estimate of drug-likeness (QED) is 0.198. The van der Waals surface area contributed by atoms with Crippen LogP contribution in [0.2, 0.25) is 0 Å². The molecular formula is C50H73N3O7. The highest BCUT2D eigenvalue weighted by Gasteiger charge is 2.70. The van der Waals surface area contributed by atoms with Crippen molar-refractivity contribution in [1.29, 1.82) is 0 Å². The van der Waals surface area contributed by atoms with Gasteiger partial charge in [0.2, 0.25) is 5.91 Å². The number of nitrogens with one attached hydrogen (secondary N) is 2. The van der Waals surface area contributed by atoms with Crippen molar-refractivity contribution in [3.63, 3.8) is 0 Å². The van der Waals surface area contributed by atoms with E-state index in [4.69, 9.17) is 4.74 Å². The lowest BCUT2D eigenvalue weighted by molar-refractivity contribution is -0.236. The highest BCUT2D eigenvalue weighted by atomic mass is 16.5. The third-order valence-corrected chi connectivity index (χ3v) is 18.4. The molecule has 10 nitrogen and oxygen atoms in total. The number of aryl methyl sites for hydroxylation is 1. The number of ether oxygens (including phenoxy) is 1. The van der Waals surface area contributed by atoms with Gasteiger partial charge in [-0.1, -0.05) is 74.0 Å². The zero-order valence-corrected chi connectivity index (χ0v) is 38.6. The summed E-state index contributed by atoms with van der Waals surface area (Å²) >= 11 is 0. The first-order valence-corrected chi connectivity index (χ1v) is 23.0. The van der Waals surface area contributed by atoms with Gasteiger partial charge in [-0.3, -0.25) is 29.0 Å². The predicted octanol–water partition coefficient (Wildman–Crippen LogP) is 9.04. The molecule has 60 heavy (non-hydrogen) atoms. The molecular weight excluding hydrogens is 755 g/mol. The van der Waals surface area contributed by atoms with E-state index in [0.717, 1.165) is 62.5 Å². The van der Waals surface area contributed by atoms with Gasteiger partial charge in [0.1, 0.15) is 11.8 Å². The minimum Gasteiger partial charge on any atom is -0.481 e. The highest BCUT2D eigenvalue weighted by molar-refractivity contribution is 6.01. The van der Waals surface area contributed by atoms with Crippen LogP contribution in [0.25, 0.3) is 0 Å². The lowest BCUT2D eigenvalue weighted by Crippen LogP contribution is -2.66. The molecule has 5 fully saturated rings. The first kappa shape index (κ1) is 44.5. The third-order valence-electron chi connectivity index (χ3n) is 18.4. The summed E-state index contributed by atoms with van der Waals surface area (Å²) in [4.78, 5) is 71.0. The molecule has 1 aromatic rings. The van der Waals surface area contributed by atoms with Gasteiger partial charge in [0.25, 0.3) is 5.91 Å². The zero-order chi connectivity index (χ0) is 44.2. The largest absolute Gasteiger partial charge is 0.481 e. The number of hydrogen-bond acceptors (Lipinski definition) is 7. The second kappa shape index (κ2) is 14.8. The van der Waals surface area contributed by atoms with Crippen LogP contribution >= 0.6 is 0 Å². The van der Waals surface area contributed by atoms with Crippen molar-refractivity contribution in [3.05, 3.63) is 40.7 Å². The van der Waals surface area contributed by atoms with Gasteiger partial charge in [-0.25, -0.2) is 0 Å². The molecule has 1 aromatic heterocycles. The number of ketones is 1. The molecule has 1 heterocycles. The minimum absolute atomic E-state index is 0.0201. The number of aliphatic carboxylic acids is 1. The number of carboxylic acid groups (broad SMARTS) is 1. The fraction of sp³-hybridized carbons (Fsp3) is 0.760. The number of pyridine rings is 1.